The maximum Gasteiger partial charge on any atom is 0.455 e. The Labute approximate surface area is 289 Å². The van der Waals surface area contributed by atoms with E-state index < -0.39 is 25.1 Å². The number of carbonyl (C=O) groups excluding carboxylic acids is 2. The van der Waals surface area contributed by atoms with Gasteiger partial charge in [-0.2, -0.15) is 0 Å². The van der Waals surface area contributed by atoms with E-state index in [1.807, 2.05) is 36.4 Å². The fourth-order valence-electron chi connectivity index (χ4n) is 8.69. The van der Waals surface area contributed by atoms with Crippen LogP contribution in [0.25, 0.3) is 11.6 Å². The van der Waals surface area contributed by atoms with E-state index in [0.29, 0.717) is 25.9 Å². The van der Waals surface area contributed by atoms with Crippen LogP contribution in [0.15, 0.2) is 96.1 Å². The van der Waals surface area contributed by atoms with Gasteiger partial charge in [0.25, 0.3) is 0 Å². The molecule has 7 rings (SSSR count). The third-order valence-corrected chi connectivity index (χ3v) is 10.9. The molecule has 0 radical (unpaired) electrons. The first-order chi connectivity index (χ1) is 23.9. The zero-order chi connectivity index (χ0) is 33.9. The van der Waals surface area contributed by atoms with Crippen molar-refractivity contribution < 1.29 is 29.1 Å². The molecular formula is C40H45BN2O6. The number of aromatic hydroxyl groups is 1. The van der Waals surface area contributed by atoms with Gasteiger partial charge in [-0.15, -0.1) is 0 Å². The Bertz CT molecular complexity index is 1700. The highest BCUT2D eigenvalue weighted by Crippen LogP contribution is 2.51. The number of ether oxygens (including phenoxy) is 1. The number of hydrogen-bond donors (Lipinski definition) is 2. The van der Waals surface area contributed by atoms with Gasteiger partial charge in [0, 0.05) is 32.8 Å². The summed E-state index contributed by atoms with van der Waals surface area (Å²) in [5.74, 6) is -1.17. The molecule has 3 aromatic rings. The van der Waals surface area contributed by atoms with Crippen molar-refractivity contribution in [3.63, 3.8) is 0 Å². The zero-order valence-electron chi connectivity index (χ0n) is 28.1. The van der Waals surface area contributed by atoms with Crippen LogP contribution in [0.2, 0.25) is 6.32 Å². The third kappa shape index (κ3) is 7.17. The zero-order valence-corrected chi connectivity index (χ0v) is 28.1. The number of likely N-dealkylation sites (tertiary alicyclic amines) is 2. The van der Waals surface area contributed by atoms with E-state index in [2.05, 4.69) is 47.4 Å². The first kappa shape index (κ1) is 33.5. The molecule has 0 spiro atoms. The average molecular weight is 661 g/mol. The topological polar surface area (TPSA) is 99.5 Å². The molecule has 4 aliphatic rings. The molecule has 3 heterocycles. The van der Waals surface area contributed by atoms with Gasteiger partial charge in [-0.05, 0) is 89.9 Å². The van der Waals surface area contributed by atoms with Crippen LogP contribution >= 0.6 is 0 Å². The van der Waals surface area contributed by atoms with Crippen LogP contribution in [0.4, 0.5) is 0 Å². The molecule has 3 aromatic carbocycles. The largest absolute Gasteiger partial charge is 0.508 e. The van der Waals surface area contributed by atoms with Crippen molar-refractivity contribution in [2.45, 2.75) is 57.1 Å². The summed E-state index contributed by atoms with van der Waals surface area (Å²) in [7, 11) is 0.625. The number of fused-ring (bicyclic) bond motifs is 3. The fraction of sp³-hybridized carbons (Fsp3) is 0.400. The van der Waals surface area contributed by atoms with Gasteiger partial charge < -0.3 is 19.5 Å². The van der Waals surface area contributed by atoms with Crippen molar-refractivity contribution in [2.75, 3.05) is 26.8 Å². The molecule has 8 nitrogen and oxygen atoms in total. The summed E-state index contributed by atoms with van der Waals surface area (Å²) in [5.41, 5.74) is 6.34. The first-order valence-electron chi connectivity index (χ1n) is 17.6. The quantitative estimate of drug-likeness (QED) is 0.122. The Morgan fingerprint density at radius 2 is 1.69 bits per heavy atom. The summed E-state index contributed by atoms with van der Waals surface area (Å²) in [6, 6.07) is 27.6. The van der Waals surface area contributed by atoms with Crippen molar-refractivity contribution in [1.29, 1.82) is 0 Å². The van der Waals surface area contributed by atoms with Crippen molar-refractivity contribution in [3.05, 3.63) is 113 Å². The maximum atomic E-state index is 14.3. The molecule has 1 aliphatic carbocycles. The van der Waals surface area contributed by atoms with E-state index in [1.165, 1.54) is 5.56 Å². The highest BCUT2D eigenvalue weighted by atomic mass is 16.5. The lowest BCUT2D eigenvalue weighted by Crippen LogP contribution is -2.48. The molecule has 0 saturated carbocycles. The second kappa shape index (κ2) is 14.8. The van der Waals surface area contributed by atoms with Gasteiger partial charge in [0.15, 0.2) is 0 Å². The van der Waals surface area contributed by atoms with E-state index >= 15 is 0 Å². The molecule has 49 heavy (non-hydrogen) atoms. The second-order valence-corrected chi connectivity index (χ2v) is 14.0. The molecule has 0 unspecified atom stereocenters. The van der Waals surface area contributed by atoms with Crippen LogP contribution in [0.1, 0.15) is 48.8 Å². The number of amides is 2. The predicted molar refractivity (Wildman–Crippen MR) is 190 cm³/mol. The number of hydrogen-bond acceptors (Lipinski definition) is 7. The monoisotopic (exact) mass is 660 g/mol. The van der Waals surface area contributed by atoms with Gasteiger partial charge in [-0.25, -0.2) is 0 Å². The average Bonchev–Trinajstić information content (AvgIpc) is 3.36. The van der Waals surface area contributed by atoms with Gasteiger partial charge in [-0.1, -0.05) is 78.9 Å². The van der Waals surface area contributed by atoms with Gasteiger partial charge >= 0.3 is 7.12 Å². The van der Waals surface area contributed by atoms with Crippen LogP contribution in [0.3, 0.4) is 0 Å². The number of phenolic OH excluding ortho intramolecular Hbond substituents is 1. The minimum absolute atomic E-state index is 0.0675. The molecule has 3 fully saturated rings. The first-order valence-corrected chi connectivity index (χ1v) is 17.6. The number of allylic oxidation sites excluding steroid dienone is 1. The van der Waals surface area contributed by atoms with Crippen molar-refractivity contribution in [2.24, 2.45) is 17.8 Å². The van der Waals surface area contributed by atoms with Gasteiger partial charge in [0.2, 0.25) is 11.8 Å². The molecule has 3 aliphatic heterocycles. The van der Waals surface area contributed by atoms with Crippen LogP contribution < -0.4 is 0 Å². The Balaban J connectivity index is 1.11. The lowest BCUT2D eigenvalue weighted by molar-refractivity contribution is -0.144. The lowest BCUT2D eigenvalue weighted by Gasteiger charge is -2.43. The Morgan fingerprint density at radius 1 is 0.959 bits per heavy atom. The minimum Gasteiger partial charge on any atom is -0.508 e. The molecule has 2 N–H and O–H groups in total. The predicted octanol–water partition coefficient (Wildman–Crippen LogP) is 5.82. The van der Waals surface area contributed by atoms with Gasteiger partial charge in [0.1, 0.15) is 5.75 Å². The standard InChI is InChI=1S/C40H45BN2O6/c1-48-26-31-23-34-38(40(46)43(39(34)45)32-17-19-42(20-18-32)25-27-9-4-2-5-10-27)35-24-41(47)49-36(37(31)35)16-15-30(29-12-6-3-7-13-29)21-28-11-8-14-33(44)22-28/h2-14,21-22,32,34-36,38,44,47H,15-20,23-26H2,1H3/b30-21-/t34-,35+,36-,38-/m1/s1. The van der Waals surface area contributed by atoms with Crippen LogP contribution in [0, 0.1) is 17.8 Å². The highest BCUT2D eigenvalue weighted by Gasteiger charge is 2.58. The molecule has 4 atom stereocenters. The number of nitrogens with zero attached hydrogens (tertiary/aromatic N) is 2. The van der Waals surface area contributed by atoms with Crippen molar-refractivity contribution in [1.82, 2.24) is 9.80 Å². The number of carbonyl (C=O) groups is 2. The lowest BCUT2D eigenvalue weighted by atomic mass is 9.58. The van der Waals surface area contributed by atoms with E-state index in [9.17, 15) is 19.7 Å². The Hall–Kier alpha value is -4.02. The Morgan fingerprint density at radius 3 is 2.41 bits per heavy atom. The molecule has 3 saturated heterocycles. The molecule has 2 amide bonds. The summed E-state index contributed by atoms with van der Waals surface area (Å²) >= 11 is 0. The van der Waals surface area contributed by atoms with Crippen LogP contribution in [-0.4, -0.2) is 77.8 Å². The SMILES string of the molecule is COCC1=C2[C@@H](CC/C(=C/c3cccc(O)c3)c3ccccc3)OB(O)C[C@@H]2[C@@H]2C(=O)N(C3CCN(Cc4ccccc4)CC3)C(=O)[C@@H]2C1. The number of benzene rings is 3. The van der Waals surface area contributed by atoms with E-state index in [4.69, 9.17) is 9.39 Å². The van der Waals surface area contributed by atoms with Gasteiger partial charge in [0.05, 0.1) is 24.5 Å². The normalized spacial score (nSPS) is 25.1. The van der Waals surface area contributed by atoms with Crippen molar-refractivity contribution >= 4 is 30.6 Å². The maximum absolute atomic E-state index is 14.3. The molecule has 9 heteroatoms. The molecule has 0 bridgehead atoms. The molecule has 254 valence electrons. The van der Waals surface area contributed by atoms with E-state index in [1.54, 1.807) is 24.1 Å². The highest BCUT2D eigenvalue weighted by molar-refractivity contribution is 6.43. The fourth-order valence-corrected chi connectivity index (χ4v) is 8.69. The summed E-state index contributed by atoms with van der Waals surface area (Å²) in [6.07, 6.45) is 5.17. The van der Waals surface area contributed by atoms with E-state index in [-0.39, 0.29) is 35.8 Å². The third-order valence-electron chi connectivity index (χ3n) is 10.9. The Kier molecular flexibility index (Phi) is 10.1. The smallest absolute Gasteiger partial charge is 0.455 e. The molecular weight excluding hydrogens is 615 g/mol. The van der Waals surface area contributed by atoms with E-state index in [0.717, 1.165) is 60.3 Å². The number of imide groups is 1. The number of methoxy groups -OCH3 is 1. The summed E-state index contributed by atoms with van der Waals surface area (Å²) < 4.78 is 11.9. The molecule has 0 aromatic heterocycles. The summed E-state index contributed by atoms with van der Waals surface area (Å²) in [6.45, 7) is 2.89. The summed E-state index contributed by atoms with van der Waals surface area (Å²) in [4.78, 5) is 32.4. The number of rotatable bonds is 10. The van der Waals surface area contributed by atoms with Crippen LogP contribution in [0.5, 0.6) is 5.75 Å². The van der Waals surface area contributed by atoms with Gasteiger partial charge in [-0.3, -0.25) is 19.4 Å². The number of phenols is 1. The number of piperidine rings is 1. The van der Waals surface area contributed by atoms with Crippen LogP contribution in [-0.2, 0) is 25.5 Å². The minimum atomic E-state index is -1.03. The summed E-state index contributed by atoms with van der Waals surface area (Å²) in [5, 5.41) is 21.2. The van der Waals surface area contributed by atoms with Crippen molar-refractivity contribution in [3.8, 4) is 5.75 Å². The second-order valence-electron chi connectivity index (χ2n) is 14.0.